The Morgan fingerprint density at radius 3 is 2.35 bits per heavy atom. The minimum Gasteiger partial charge on any atom is -0.381 e. The van der Waals surface area contributed by atoms with Gasteiger partial charge < -0.3 is 10.1 Å². The Morgan fingerprint density at radius 2 is 1.76 bits per heavy atom. The highest BCUT2D eigenvalue weighted by molar-refractivity contribution is 4.80. The lowest BCUT2D eigenvalue weighted by atomic mass is 9.79. The molecule has 2 unspecified atom stereocenters. The highest BCUT2D eigenvalue weighted by atomic mass is 16.5. The van der Waals surface area contributed by atoms with Crippen molar-refractivity contribution in [2.24, 2.45) is 11.8 Å². The van der Waals surface area contributed by atoms with Crippen LogP contribution in [-0.4, -0.2) is 25.3 Å². The van der Waals surface area contributed by atoms with E-state index in [4.69, 9.17) is 4.74 Å². The van der Waals surface area contributed by atoms with E-state index >= 15 is 0 Å². The van der Waals surface area contributed by atoms with E-state index in [-0.39, 0.29) is 5.54 Å². The Bertz CT molecular complexity index is 198. The number of rotatable bonds is 6. The fourth-order valence-electron chi connectivity index (χ4n) is 2.59. The van der Waals surface area contributed by atoms with Crippen molar-refractivity contribution < 1.29 is 4.74 Å². The first-order valence-corrected chi connectivity index (χ1v) is 7.35. The van der Waals surface area contributed by atoms with Crippen LogP contribution in [0.15, 0.2) is 0 Å². The lowest BCUT2D eigenvalue weighted by Crippen LogP contribution is -2.42. The van der Waals surface area contributed by atoms with E-state index in [1.807, 2.05) is 0 Å². The summed E-state index contributed by atoms with van der Waals surface area (Å²) in [5, 5.41) is 3.66. The molecule has 0 aliphatic heterocycles. The molecule has 0 spiro atoms. The molecule has 17 heavy (non-hydrogen) atoms. The van der Waals surface area contributed by atoms with Crippen LogP contribution < -0.4 is 5.32 Å². The predicted octanol–water partition coefficient (Wildman–Crippen LogP) is 3.61. The maximum absolute atomic E-state index is 5.76. The molecular formula is C15H31NO. The number of hydrogen-bond donors (Lipinski definition) is 1. The SMILES string of the molecule is CCCOCC1CCCCC1CNC(C)(C)C. The van der Waals surface area contributed by atoms with Gasteiger partial charge >= 0.3 is 0 Å². The quantitative estimate of drug-likeness (QED) is 0.717. The highest BCUT2D eigenvalue weighted by Crippen LogP contribution is 2.30. The summed E-state index contributed by atoms with van der Waals surface area (Å²) in [7, 11) is 0. The number of nitrogens with one attached hydrogen (secondary N) is 1. The lowest BCUT2D eigenvalue weighted by Gasteiger charge is -2.34. The van der Waals surface area contributed by atoms with Crippen molar-refractivity contribution in [2.45, 2.75) is 65.3 Å². The van der Waals surface area contributed by atoms with Crippen LogP contribution in [-0.2, 0) is 4.74 Å². The molecule has 2 nitrogen and oxygen atoms in total. The van der Waals surface area contributed by atoms with Gasteiger partial charge in [-0.25, -0.2) is 0 Å². The van der Waals surface area contributed by atoms with Gasteiger partial charge in [-0.1, -0.05) is 19.8 Å². The molecule has 0 aromatic heterocycles. The van der Waals surface area contributed by atoms with Gasteiger partial charge in [-0.2, -0.15) is 0 Å². The van der Waals surface area contributed by atoms with E-state index in [9.17, 15) is 0 Å². The van der Waals surface area contributed by atoms with E-state index in [2.05, 4.69) is 33.0 Å². The average molecular weight is 241 g/mol. The molecule has 1 aliphatic carbocycles. The molecule has 0 radical (unpaired) electrons. The molecule has 1 fully saturated rings. The molecule has 0 heterocycles. The second kappa shape index (κ2) is 7.38. The predicted molar refractivity (Wildman–Crippen MR) is 74.3 cm³/mol. The van der Waals surface area contributed by atoms with E-state index in [1.165, 1.54) is 25.7 Å². The maximum atomic E-state index is 5.76. The van der Waals surface area contributed by atoms with Crippen molar-refractivity contribution in [1.29, 1.82) is 0 Å². The van der Waals surface area contributed by atoms with Gasteiger partial charge in [-0.05, 0) is 58.4 Å². The molecule has 102 valence electrons. The Hall–Kier alpha value is -0.0800. The summed E-state index contributed by atoms with van der Waals surface area (Å²) in [5.41, 5.74) is 0.242. The molecule has 0 amide bonds. The van der Waals surface area contributed by atoms with Crippen LogP contribution in [0.4, 0.5) is 0 Å². The van der Waals surface area contributed by atoms with E-state index in [1.54, 1.807) is 0 Å². The largest absolute Gasteiger partial charge is 0.381 e. The zero-order chi connectivity index (χ0) is 12.7. The molecule has 1 rings (SSSR count). The van der Waals surface area contributed by atoms with Crippen molar-refractivity contribution >= 4 is 0 Å². The fraction of sp³-hybridized carbons (Fsp3) is 1.00. The molecule has 0 saturated heterocycles. The van der Waals surface area contributed by atoms with Crippen LogP contribution >= 0.6 is 0 Å². The monoisotopic (exact) mass is 241 g/mol. The topological polar surface area (TPSA) is 21.3 Å². The third-order valence-corrected chi connectivity index (χ3v) is 3.64. The van der Waals surface area contributed by atoms with Crippen LogP contribution in [0.3, 0.4) is 0 Å². The lowest BCUT2D eigenvalue weighted by molar-refractivity contribution is 0.0574. The zero-order valence-corrected chi connectivity index (χ0v) is 12.2. The fourth-order valence-corrected chi connectivity index (χ4v) is 2.59. The normalized spacial score (nSPS) is 26.1. The number of ether oxygens (including phenoxy) is 1. The Kier molecular flexibility index (Phi) is 6.50. The van der Waals surface area contributed by atoms with Gasteiger partial charge in [0.2, 0.25) is 0 Å². The van der Waals surface area contributed by atoms with Gasteiger partial charge in [0.05, 0.1) is 0 Å². The molecule has 0 bridgehead atoms. The van der Waals surface area contributed by atoms with Crippen LogP contribution in [0.5, 0.6) is 0 Å². The number of hydrogen-bond acceptors (Lipinski definition) is 2. The van der Waals surface area contributed by atoms with Crippen molar-refractivity contribution in [3.63, 3.8) is 0 Å². The summed E-state index contributed by atoms with van der Waals surface area (Å²) in [4.78, 5) is 0. The Labute approximate surface area is 108 Å². The summed E-state index contributed by atoms with van der Waals surface area (Å²) in [6.07, 6.45) is 6.67. The summed E-state index contributed by atoms with van der Waals surface area (Å²) in [6.45, 7) is 12.0. The van der Waals surface area contributed by atoms with Crippen molar-refractivity contribution in [3.05, 3.63) is 0 Å². The summed E-state index contributed by atoms with van der Waals surface area (Å²) in [6, 6.07) is 0. The first-order chi connectivity index (χ1) is 8.03. The molecule has 1 saturated carbocycles. The first-order valence-electron chi connectivity index (χ1n) is 7.35. The average Bonchev–Trinajstić information content (AvgIpc) is 2.27. The molecule has 1 N–H and O–H groups in total. The summed E-state index contributed by atoms with van der Waals surface area (Å²) < 4.78 is 5.76. The van der Waals surface area contributed by atoms with Gasteiger partial charge in [0.15, 0.2) is 0 Å². The van der Waals surface area contributed by atoms with Crippen molar-refractivity contribution in [2.75, 3.05) is 19.8 Å². The Balaban J connectivity index is 2.31. The standard InChI is InChI=1S/C15H31NO/c1-5-10-17-12-14-9-7-6-8-13(14)11-16-15(2,3)4/h13-14,16H,5-12H2,1-4H3. The molecule has 2 heteroatoms. The van der Waals surface area contributed by atoms with Crippen molar-refractivity contribution in [3.8, 4) is 0 Å². The second-order valence-corrected chi connectivity index (χ2v) is 6.51. The molecular weight excluding hydrogens is 210 g/mol. The van der Waals surface area contributed by atoms with Crippen molar-refractivity contribution in [1.82, 2.24) is 5.32 Å². The van der Waals surface area contributed by atoms with Gasteiger partial charge in [-0.3, -0.25) is 0 Å². The minimum absolute atomic E-state index is 0.242. The third kappa shape index (κ3) is 6.42. The van der Waals surface area contributed by atoms with Crippen LogP contribution in [0.2, 0.25) is 0 Å². The zero-order valence-electron chi connectivity index (χ0n) is 12.2. The van der Waals surface area contributed by atoms with Gasteiger partial charge in [0.1, 0.15) is 0 Å². The molecule has 2 atom stereocenters. The minimum atomic E-state index is 0.242. The highest BCUT2D eigenvalue weighted by Gasteiger charge is 2.26. The maximum Gasteiger partial charge on any atom is 0.0497 e. The van der Waals surface area contributed by atoms with E-state index in [0.29, 0.717) is 0 Å². The summed E-state index contributed by atoms with van der Waals surface area (Å²) >= 11 is 0. The van der Waals surface area contributed by atoms with E-state index < -0.39 is 0 Å². The second-order valence-electron chi connectivity index (χ2n) is 6.51. The summed E-state index contributed by atoms with van der Waals surface area (Å²) in [5.74, 6) is 1.60. The molecule has 0 aromatic rings. The van der Waals surface area contributed by atoms with Crippen LogP contribution in [0, 0.1) is 11.8 Å². The molecule has 0 aromatic carbocycles. The first kappa shape index (κ1) is 15.0. The molecule has 1 aliphatic rings. The smallest absolute Gasteiger partial charge is 0.0497 e. The third-order valence-electron chi connectivity index (χ3n) is 3.64. The van der Waals surface area contributed by atoms with Gasteiger partial charge in [0, 0.05) is 18.8 Å². The van der Waals surface area contributed by atoms with Crippen LogP contribution in [0.1, 0.15) is 59.8 Å². The van der Waals surface area contributed by atoms with Crippen LogP contribution in [0.25, 0.3) is 0 Å². The Morgan fingerprint density at radius 1 is 1.12 bits per heavy atom. The van der Waals surface area contributed by atoms with Gasteiger partial charge in [-0.15, -0.1) is 0 Å². The van der Waals surface area contributed by atoms with Gasteiger partial charge in [0.25, 0.3) is 0 Å². The van der Waals surface area contributed by atoms with E-state index in [0.717, 1.165) is 38.0 Å².